The predicted octanol–water partition coefficient (Wildman–Crippen LogP) is 3.14. The lowest BCUT2D eigenvalue weighted by atomic mass is 10.3. The van der Waals surface area contributed by atoms with Gasteiger partial charge in [-0.2, -0.15) is 0 Å². The zero-order chi connectivity index (χ0) is 14.7. The van der Waals surface area contributed by atoms with Crippen LogP contribution in [0.4, 0.5) is 5.82 Å². The first kappa shape index (κ1) is 14.0. The van der Waals surface area contributed by atoms with Crippen molar-refractivity contribution in [2.24, 2.45) is 0 Å². The average Bonchev–Trinajstić information content (AvgIpc) is 2.71. The van der Waals surface area contributed by atoms with E-state index in [0.29, 0.717) is 13.2 Å². The SMILES string of the molecule is CNc1cc(Sc2ccc3c(c2)OCCCO3)nc(C)n1. The van der Waals surface area contributed by atoms with E-state index < -0.39 is 0 Å². The molecular formula is C15H17N3O2S. The van der Waals surface area contributed by atoms with Crippen LogP contribution >= 0.6 is 11.8 Å². The summed E-state index contributed by atoms with van der Waals surface area (Å²) >= 11 is 1.58. The number of nitrogens with one attached hydrogen (secondary N) is 1. The number of aryl methyl sites for hydroxylation is 1. The molecular weight excluding hydrogens is 286 g/mol. The molecule has 0 radical (unpaired) electrons. The van der Waals surface area contributed by atoms with Gasteiger partial charge in [-0.1, -0.05) is 11.8 Å². The number of nitrogens with zero attached hydrogens (tertiary/aromatic N) is 2. The van der Waals surface area contributed by atoms with Crippen molar-refractivity contribution in [1.82, 2.24) is 9.97 Å². The minimum absolute atomic E-state index is 0.692. The number of hydrogen-bond acceptors (Lipinski definition) is 6. The highest BCUT2D eigenvalue weighted by Crippen LogP contribution is 2.36. The van der Waals surface area contributed by atoms with Crippen molar-refractivity contribution in [2.45, 2.75) is 23.3 Å². The molecule has 1 aliphatic heterocycles. The van der Waals surface area contributed by atoms with Crippen molar-refractivity contribution < 1.29 is 9.47 Å². The Morgan fingerprint density at radius 1 is 1.10 bits per heavy atom. The van der Waals surface area contributed by atoms with Gasteiger partial charge in [0, 0.05) is 24.4 Å². The molecule has 1 N–H and O–H groups in total. The molecule has 2 aromatic rings. The molecule has 5 nitrogen and oxygen atoms in total. The Balaban J connectivity index is 1.85. The van der Waals surface area contributed by atoms with Crippen molar-refractivity contribution in [3.8, 4) is 11.5 Å². The second kappa shape index (κ2) is 6.22. The Morgan fingerprint density at radius 3 is 2.71 bits per heavy atom. The van der Waals surface area contributed by atoms with Crippen LogP contribution in [0.2, 0.25) is 0 Å². The molecule has 0 amide bonds. The summed E-state index contributed by atoms with van der Waals surface area (Å²) in [5.74, 6) is 3.18. The summed E-state index contributed by atoms with van der Waals surface area (Å²) in [6, 6.07) is 7.91. The van der Waals surface area contributed by atoms with Gasteiger partial charge in [-0.15, -0.1) is 0 Å². The summed E-state index contributed by atoms with van der Waals surface area (Å²) in [6.07, 6.45) is 0.911. The van der Waals surface area contributed by atoms with Gasteiger partial charge in [0.25, 0.3) is 0 Å². The van der Waals surface area contributed by atoms with Crippen molar-refractivity contribution in [1.29, 1.82) is 0 Å². The van der Waals surface area contributed by atoms with Gasteiger partial charge < -0.3 is 14.8 Å². The van der Waals surface area contributed by atoms with Gasteiger partial charge in [0.05, 0.1) is 13.2 Å². The molecule has 0 saturated carbocycles. The molecule has 0 spiro atoms. The molecule has 1 aromatic carbocycles. The molecule has 3 rings (SSSR count). The van der Waals surface area contributed by atoms with Gasteiger partial charge in [0.2, 0.25) is 0 Å². The van der Waals surface area contributed by atoms with Crippen LogP contribution in [0.1, 0.15) is 12.2 Å². The second-order valence-electron chi connectivity index (χ2n) is 4.65. The summed E-state index contributed by atoms with van der Waals surface area (Å²) in [4.78, 5) is 9.81. The molecule has 0 saturated heterocycles. The summed E-state index contributed by atoms with van der Waals surface area (Å²) in [5.41, 5.74) is 0. The lowest BCUT2D eigenvalue weighted by Gasteiger charge is -2.09. The molecule has 0 bridgehead atoms. The maximum atomic E-state index is 5.71. The van der Waals surface area contributed by atoms with E-state index in [4.69, 9.17) is 9.47 Å². The van der Waals surface area contributed by atoms with Crippen LogP contribution in [0.15, 0.2) is 34.2 Å². The number of ether oxygens (including phenoxy) is 2. The third kappa shape index (κ3) is 3.39. The fourth-order valence-corrected chi connectivity index (χ4v) is 2.94. The third-order valence-electron chi connectivity index (χ3n) is 3.01. The highest BCUT2D eigenvalue weighted by molar-refractivity contribution is 7.99. The van der Waals surface area contributed by atoms with Crippen molar-refractivity contribution in [2.75, 3.05) is 25.6 Å². The Bertz CT molecular complexity index is 649. The Hall–Kier alpha value is -1.95. The molecule has 1 aromatic heterocycles. The van der Waals surface area contributed by atoms with Crippen molar-refractivity contribution in [3.63, 3.8) is 0 Å². The quantitative estimate of drug-likeness (QED) is 0.879. The number of anilines is 1. The normalized spacial score (nSPS) is 13.6. The van der Waals surface area contributed by atoms with Crippen LogP contribution in [0, 0.1) is 6.92 Å². The minimum Gasteiger partial charge on any atom is -0.490 e. The zero-order valence-corrected chi connectivity index (χ0v) is 12.9. The third-order valence-corrected chi connectivity index (χ3v) is 3.92. The summed E-state index contributed by atoms with van der Waals surface area (Å²) < 4.78 is 11.4. The van der Waals surface area contributed by atoms with E-state index in [1.165, 1.54) is 0 Å². The van der Waals surface area contributed by atoms with Gasteiger partial charge in [-0.05, 0) is 25.1 Å². The summed E-state index contributed by atoms with van der Waals surface area (Å²) in [5, 5.41) is 3.95. The summed E-state index contributed by atoms with van der Waals surface area (Å²) in [6.45, 7) is 3.28. The number of aromatic nitrogens is 2. The number of benzene rings is 1. The van der Waals surface area contributed by atoms with Crippen LogP contribution in [0.5, 0.6) is 11.5 Å². The van der Waals surface area contributed by atoms with Crippen LogP contribution in [0.25, 0.3) is 0 Å². The van der Waals surface area contributed by atoms with Crippen molar-refractivity contribution >= 4 is 17.6 Å². The topological polar surface area (TPSA) is 56.3 Å². The van der Waals surface area contributed by atoms with Gasteiger partial charge in [0.15, 0.2) is 11.5 Å². The van der Waals surface area contributed by atoms with E-state index in [9.17, 15) is 0 Å². The highest BCUT2D eigenvalue weighted by Gasteiger charge is 2.12. The van der Waals surface area contributed by atoms with E-state index in [2.05, 4.69) is 15.3 Å². The molecule has 21 heavy (non-hydrogen) atoms. The molecule has 6 heteroatoms. The van der Waals surface area contributed by atoms with E-state index in [0.717, 1.165) is 39.5 Å². The molecule has 0 aliphatic carbocycles. The molecule has 110 valence electrons. The van der Waals surface area contributed by atoms with Crippen LogP contribution in [-0.4, -0.2) is 30.2 Å². The van der Waals surface area contributed by atoms with Crippen LogP contribution in [-0.2, 0) is 0 Å². The fourth-order valence-electron chi connectivity index (χ4n) is 2.05. The number of hydrogen-bond donors (Lipinski definition) is 1. The van der Waals surface area contributed by atoms with Gasteiger partial charge in [-0.3, -0.25) is 0 Å². The Morgan fingerprint density at radius 2 is 1.90 bits per heavy atom. The smallest absolute Gasteiger partial charge is 0.162 e. The Labute approximate surface area is 128 Å². The minimum atomic E-state index is 0.692. The molecule has 2 heterocycles. The Kier molecular flexibility index (Phi) is 4.15. The monoisotopic (exact) mass is 303 g/mol. The zero-order valence-electron chi connectivity index (χ0n) is 12.0. The molecule has 1 aliphatic rings. The van der Waals surface area contributed by atoms with E-state index in [1.54, 1.807) is 11.8 Å². The first-order chi connectivity index (χ1) is 10.2. The predicted molar refractivity (Wildman–Crippen MR) is 82.5 cm³/mol. The van der Waals surface area contributed by atoms with E-state index >= 15 is 0 Å². The highest BCUT2D eigenvalue weighted by atomic mass is 32.2. The second-order valence-corrected chi connectivity index (χ2v) is 5.74. The maximum Gasteiger partial charge on any atom is 0.162 e. The molecule has 0 fully saturated rings. The lowest BCUT2D eigenvalue weighted by molar-refractivity contribution is 0.297. The first-order valence-electron chi connectivity index (χ1n) is 6.85. The first-order valence-corrected chi connectivity index (χ1v) is 7.67. The van der Waals surface area contributed by atoms with Gasteiger partial charge >= 0.3 is 0 Å². The molecule has 0 unspecified atom stereocenters. The van der Waals surface area contributed by atoms with E-state index in [-0.39, 0.29) is 0 Å². The van der Waals surface area contributed by atoms with Gasteiger partial charge in [0.1, 0.15) is 16.7 Å². The fraction of sp³-hybridized carbons (Fsp3) is 0.333. The average molecular weight is 303 g/mol. The maximum absolute atomic E-state index is 5.71. The number of rotatable bonds is 3. The van der Waals surface area contributed by atoms with Crippen molar-refractivity contribution in [3.05, 3.63) is 30.1 Å². The van der Waals surface area contributed by atoms with Crippen LogP contribution < -0.4 is 14.8 Å². The largest absolute Gasteiger partial charge is 0.490 e. The van der Waals surface area contributed by atoms with Gasteiger partial charge in [-0.25, -0.2) is 9.97 Å². The number of fused-ring (bicyclic) bond motifs is 1. The standard InChI is InChI=1S/C15H17N3O2S/c1-10-17-14(16-2)9-15(18-10)21-11-4-5-12-13(8-11)20-7-3-6-19-12/h4-5,8-9H,3,6-7H2,1-2H3,(H,16,17,18). The van der Waals surface area contributed by atoms with Crippen LogP contribution in [0.3, 0.4) is 0 Å². The molecule has 0 atom stereocenters. The van der Waals surface area contributed by atoms with E-state index in [1.807, 2.05) is 38.2 Å². The lowest BCUT2D eigenvalue weighted by Crippen LogP contribution is -1.97. The summed E-state index contributed by atoms with van der Waals surface area (Å²) in [7, 11) is 1.85.